The topological polar surface area (TPSA) is 66.6 Å². The Labute approximate surface area is 127 Å². The monoisotopic (exact) mass is 294 g/mol. The van der Waals surface area contributed by atoms with Crippen molar-refractivity contribution in [2.45, 2.75) is 6.04 Å². The summed E-state index contributed by atoms with van der Waals surface area (Å²) in [5.41, 5.74) is 1.28. The van der Waals surface area contributed by atoms with E-state index in [4.69, 9.17) is 4.74 Å². The van der Waals surface area contributed by atoms with Gasteiger partial charge in [0.1, 0.15) is 11.4 Å². The van der Waals surface area contributed by atoms with Crippen molar-refractivity contribution in [2.75, 3.05) is 12.1 Å². The lowest BCUT2D eigenvalue weighted by atomic mass is 10.3. The van der Waals surface area contributed by atoms with Crippen molar-refractivity contribution >= 4 is 23.5 Å². The van der Waals surface area contributed by atoms with Crippen molar-refractivity contribution in [1.82, 2.24) is 0 Å². The summed E-state index contributed by atoms with van der Waals surface area (Å²) in [6, 6.07) is 15.7. The minimum atomic E-state index is -0.717. The molecule has 0 saturated carbocycles. The van der Waals surface area contributed by atoms with Crippen LogP contribution in [0.4, 0.5) is 11.4 Å². The van der Waals surface area contributed by atoms with E-state index in [0.717, 1.165) is 0 Å². The number of rotatable bonds is 4. The van der Waals surface area contributed by atoms with Crippen molar-refractivity contribution in [3.63, 3.8) is 0 Å². The van der Waals surface area contributed by atoms with Crippen LogP contribution in [0.1, 0.15) is 0 Å². The Morgan fingerprint density at radius 3 is 2.59 bits per heavy atom. The molecule has 1 aliphatic rings. The van der Waals surface area contributed by atoms with Gasteiger partial charge in [-0.3, -0.25) is 4.79 Å². The van der Waals surface area contributed by atoms with E-state index in [0.29, 0.717) is 17.1 Å². The number of carbonyl (C=O) groups excluding carboxylic acids is 1. The first-order valence-corrected chi connectivity index (χ1v) is 6.76. The molecule has 3 rings (SSSR count). The molecule has 0 aliphatic carbocycles. The molecule has 0 bridgehead atoms. The quantitative estimate of drug-likeness (QED) is 0.813. The predicted octanol–water partition coefficient (Wildman–Crippen LogP) is 3.18. The van der Waals surface area contributed by atoms with Crippen molar-refractivity contribution in [1.29, 1.82) is 0 Å². The molecule has 0 saturated heterocycles. The number of hydrogen-bond donors (Lipinski definition) is 0. The van der Waals surface area contributed by atoms with Crippen LogP contribution in [-0.2, 0) is 4.79 Å². The summed E-state index contributed by atoms with van der Waals surface area (Å²) in [5, 5.41) is 13.6. The summed E-state index contributed by atoms with van der Waals surface area (Å²) >= 11 is 0. The van der Waals surface area contributed by atoms with Gasteiger partial charge in [0.05, 0.1) is 19.0 Å². The zero-order valence-corrected chi connectivity index (χ0v) is 12.0. The maximum atomic E-state index is 12.3. The van der Waals surface area contributed by atoms with Gasteiger partial charge in [0.2, 0.25) is 0 Å². The van der Waals surface area contributed by atoms with Crippen LogP contribution < -0.4 is 9.75 Å². The van der Waals surface area contributed by atoms with E-state index in [1.807, 2.05) is 42.5 Å². The van der Waals surface area contributed by atoms with Gasteiger partial charge in [-0.1, -0.05) is 30.3 Å². The summed E-state index contributed by atoms with van der Waals surface area (Å²) < 4.78 is 5.20. The summed E-state index contributed by atoms with van der Waals surface area (Å²) in [5.74, 6) is 0.374. The van der Waals surface area contributed by atoms with Gasteiger partial charge < -0.3 is 4.74 Å². The Kier molecular flexibility index (Phi) is 3.91. The molecule has 6 nitrogen and oxygen atoms in total. The number of carbonyl (C=O) groups is 1. The first-order valence-electron chi connectivity index (χ1n) is 6.76. The summed E-state index contributed by atoms with van der Waals surface area (Å²) in [6.45, 7) is 0. The third kappa shape index (κ3) is 2.71. The van der Waals surface area contributed by atoms with E-state index in [1.54, 1.807) is 19.2 Å². The van der Waals surface area contributed by atoms with Crippen LogP contribution in [0.25, 0.3) is 0 Å². The average Bonchev–Trinajstić information content (AvgIpc) is 2.95. The lowest BCUT2D eigenvalue weighted by molar-refractivity contribution is -0.117. The number of hydrogen-bond acceptors (Lipinski definition) is 5. The van der Waals surface area contributed by atoms with Gasteiger partial charge in [-0.2, -0.15) is 20.3 Å². The first kappa shape index (κ1) is 13.9. The van der Waals surface area contributed by atoms with Crippen molar-refractivity contribution < 1.29 is 9.53 Å². The molecule has 2 aromatic carbocycles. The van der Waals surface area contributed by atoms with Crippen LogP contribution in [0.3, 0.4) is 0 Å². The average molecular weight is 294 g/mol. The number of amides is 1. The number of ether oxygens (including phenoxy) is 1. The highest BCUT2D eigenvalue weighted by atomic mass is 16.5. The molecule has 0 N–H and O–H groups in total. The fourth-order valence-electron chi connectivity index (χ4n) is 2.05. The molecule has 6 heteroatoms. The lowest BCUT2D eigenvalue weighted by Gasteiger charge is -2.11. The zero-order chi connectivity index (χ0) is 15.4. The molecular weight excluding hydrogens is 280 g/mol. The van der Waals surface area contributed by atoms with Crippen LogP contribution in [-0.4, -0.2) is 25.3 Å². The smallest absolute Gasteiger partial charge is 0.279 e. The fourth-order valence-corrected chi connectivity index (χ4v) is 2.05. The number of methoxy groups -OCH3 is 1. The molecule has 1 amide bonds. The van der Waals surface area contributed by atoms with E-state index in [1.165, 1.54) is 11.2 Å². The molecule has 0 spiro atoms. The molecule has 2 aromatic rings. The number of nitrogens with zero attached hydrogens (tertiary/aromatic N) is 4. The van der Waals surface area contributed by atoms with E-state index in [2.05, 4.69) is 15.3 Å². The molecular formula is C16H14N4O2. The molecule has 1 heterocycles. The number of para-hydroxylation sites is 2. The normalized spacial score (nSPS) is 17.4. The van der Waals surface area contributed by atoms with Crippen molar-refractivity contribution in [2.24, 2.45) is 15.3 Å². The number of hydrazone groups is 1. The highest BCUT2D eigenvalue weighted by molar-refractivity contribution is 6.11. The van der Waals surface area contributed by atoms with E-state index >= 15 is 0 Å². The van der Waals surface area contributed by atoms with Crippen LogP contribution in [0.2, 0.25) is 0 Å². The van der Waals surface area contributed by atoms with Gasteiger partial charge in [0, 0.05) is 0 Å². The second-order valence-corrected chi connectivity index (χ2v) is 4.58. The molecule has 1 aliphatic heterocycles. The molecule has 0 aromatic heterocycles. The standard InChI is InChI=1S/C16H14N4O2/c1-22-15-10-6-5-9-13(15)18-19-14-11-17-20(16(14)21)12-7-3-2-4-8-12/h2-11,14H,1H3. The lowest BCUT2D eigenvalue weighted by Crippen LogP contribution is -2.28. The van der Waals surface area contributed by atoms with Gasteiger partial charge in [-0.25, -0.2) is 0 Å². The second kappa shape index (κ2) is 6.17. The Morgan fingerprint density at radius 1 is 1.09 bits per heavy atom. The van der Waals surface area contributed by atoms with Gasteiger partial charge >= 0.3 is 0 Å². The third-order valence-corrected chi connectivity index (χ3v) is 3.16. The van der Waals surface area contributed by atoms with E-state index in [9.17, 15) is 4.79 Å². The van der Waals surface area contributed by atoms with Crippen molar-refractivity contribution in [3.8, 4) is 5.75 Å². The van der Waals surface area contributed by atoms with E-state index < -0.39 is 6.04 Å². The second-order valence-electron chi connectivity index (χ2n) is 4.58. The minimum Gasteiger partial charge on any atom is -0.494 e. The molecule has 1 unspecified atom stereocenters. The number of azo groups is 1. The molecule has 110 valence electrons. The zero-order valence-electron chi connectivity index (χ0n) is 12.0. The number of benzene rings is 2. The van der Waals surface area contributed by atoms with Gasteiger partial charge in [0.25, 0.3) is 5.91 Å². The Balaban J connectivity index is 1.76. The maximum absolute atomic E-state index is 12.3. The summed E-state index contributed by atoms with van der Waals surface area (Å²) in [7, 11) is 1.56. The van der Waals surface area contributed by atoms with Crippen LogP contribution in [0, 0.1) is 0 Å². The Morgan fingerprint density at radius 2 is 1.82 bits per heavy atom. The predicted molar refractivity (Wildman–Crippen MR) is 83.7 cm³/mol. The fraction of sp³-hybridized carbons (Fsp3) is 0.125. The largest absolute Gasteiger partial charge is 0.494 e. The molecule has 0 fully saturated rings. The summed E-state index contributed by atoms with van der Waals surface area (Å²) in [4.78, 5) is 12.3. The Hall–Kier alpha value is -3.02. The SMILES string of the molecule is COc1ccccc1N=NC1C=NN(c2ccccc2)C1=O. The molecule has 0 radical (unpaired) electrons. The van der Waals surface area contributed by atoms with Gasteiger partial charge in [0.15, 0.2) is 6.04 Å². The summed E-state index contributed by atoms with van der Waals surface area (Å²) in [6.07, 6.45) is 1.48. The van der Waals surface area contributed by atoms with Gasteiger partial charge in [-0.15, -0.1) is 0 Å². The van der Waals surface area contributed by atoms with Crippen molar-refractivity contribution in [3.05, 3.63) is 54.6 Å². The third-order valence-electron chi connectivity index (χ3n) is 3.16. The van der Waals surface area contributed by atoms with Crippen LogP contribution in [0.15, 0.2) is 69.9 Å². The number of anilines is 1. The van der Waals surface area contributed by atoms with E-state index in [-0.39, 0.29) is 5.91 Å². The highest BCUT2D eigenvalue weighted by Gasteiger charge is 2.29. The van der Waals surface area contributed by atoms with Crippen LogP contribution in [0.5, 0.6) is 5.75 Å². The minimum absolute atomic E-state index is 0.232. The van der Waals surface area contributed by atoms with Crippen LogP contribution >= 0.6 is 0 Å². The molecule has 22 heavy (non-hydrogen) atoms. The molecule has 1 atom stereocenters. The first-order chi connectivity index (χ1) is 10.8. The maximum Gasteiger partial charge on any atom is 0.279 e. The van der Waals surface area contributed by atoms with Gasteiger partial charge in [-0.05, 0) is 24.3 Å². The Bertz CT molecular complexity index is 728. The highest BCUT2D eigenvalue weighted by Crippen LogP contribution is 2.27.